The molecule has 0 spiro atoms. The molecule has 1 aromatic carbocycles. The van der Waals surface area contributed by atoms with Crippen molar-refractivity contribution < 1.29 is 4.74 Å². The minimum Gasteiger partial charge on any atom is -0.350 e. The number of piperidine rings is 1. The number of fused-ring (bicyclic) bond motifs is 1. The van der Waals surface area contributed by atoms with Crippen LogP contribution in [-0.2, 0) is 4.74 Å². The van der Waals surface area contributed by atoms with E-state index in [4.69, 9.17) is 17.0 Å². The average molecular weight is 356 g/mol. The molecule has 0 aromatic heterocycles. The van der Waals surface area contributed by atoms with Crippen molar-refractivity contribution >= 4 is 17.2 Å². The molecule has 2 aliphatic rings. The van der Waals surface area contributed by atoms with Crippen molar-refractivity contribution in [3.8, 4) is 0 Å². The third-order valence-corrected chi connectivity index (χ3v) is 6.65. The first-order valence-electron chi connectivity index (χ1n) is 9.16. The molecule has 1 aromatic rings. The summed E-state index contributed by atoms with van der Waals surface area (Å²) in [6.07, 6.45) is 6.98. The van der Waals surface area contributed by atoms with Gasteiger partial charge in [0, 0.05) is 5.41 Å². The predicted molar refractivity (Wildman–Crippen MR) is 108 cm³/mol. The van der Waals surface area contributed by atoms with Crippen molar-refractivity contribution in [3.05, 3.63) is 61.2 Å². The minimum atomic E-state index is -0.280. The van der Waals surface area contributed by atoms with Gasteiger partial charge >= 0.3 is 0 Å². The van der Waals surface area contributed by atoms with Crippen molar-refractivity contribution in [2.24, 2.45) is 11.3 Å². The smallest absolute Gasteiger partial charge is 0.132 e. The summed E-state index contributed by atoms with van der Waals surface area (Å²) in [6, 6.07) is 10.7. The highest BCUT2D eigenvalue weighted by atomic mass is 32.1. The Balaban J connectivity index is 2.06. The van der Waals surface area contributed by atoms with Crippen molar-refractivity contribution in [1.82, 2.24) is 4.90 Å². The van der Waals surface area contributed by atoms with Gasteiger partial charge < -0.3 is 9.64 Å². The highest BCUT2D eigenvalue weighted by molar-refractivity contribution is 7.80. The van der Waals surface area contributed by atoms with Crippen LogP contribution >= 0.6 is 12.2 Å². The summed E-state index contributed by atoms with van der Waals surface area (Å²) in [4.78, 5) is 3.38. The average Bonchev–Trinajstić information content (AvgIpc) is 2.88. The van der Waals surface area contributed by atoms with E-state index < -0.39 is 0 Å². The minimum absolute atomic E-state index is 0.0580. The van der Waals surface area contributed by atoms with Gasteiger partial charge in [0.05, 0.1) is 16.6 Å². The molecule has 3 heteroatoms. The molecule has 0 saturated carbocycles. The van der Waals surface area contributed by atoms with Crippen molar-refractivity contribution in [1.29, 1.82) is 0 Å². The molecule has 3 rings (SSSR count). The standard InChI is InChI=1S/C22H29NOS/c1-6-14-22(16(3)7-2)15-13-18-23(20(22)25)19(21(4,5)24-18)17-11-9-8-10-12-17/h6-12,16,18-19H,1-2,13-15H2,3-5H3/t16-,18?,19+,22+/m0/s1. The number of ether oxygens (including phenoxy) is 1. The van der Waals surface area contributed by atoms with E-state index >= 15 is 0 Å². The number of allylic oxidation sites excluding steroid dienone is 2. The van der Waals surface area contributed by atoms with Crippen LogP contribution < -0.4 is 0 Å². The molecule has 0 radical (unpaired) electrons. The van der Waals surface area contributed by atoms with Crippen LogP contribution in [0, 0.1) is 11.3 Å². The summed E-state index contributed by atoms with van der Waals surface area (Å²) < 4.78 is 6.46. The van der Waals surface area contributed by atoms with Crippen LogP contribution in [0.25, 0.3) is 0 Å². The Morgan fingerprint density at radius 3 is 2.60 bits per heavy atom. The quantitative estimate of drug-likeness (QED) is 0.499. The van der Waals surface area contributed by atoms with Crippen molar-refractivity contribution in [2.75, 3.05) is 0 Å². The topological polar surface area (TPSA) is 12.5 Å². The van der Waals surface area contributed by atoms with E-state index in [2.05, 4.69) is 69.2 Å². The highest BCUT2D eigenvalue weighted by Gasteiger charge is 2.56. The number of nitrogens with zero attached hydrogens (tertiary/aromatic N) is 1. The van der Waals surface area contributed by atoms with E-state index in [1.165, 1.54) is 5.56 Å². The molecular weight excluding hydrogens is 326 g/mol. The summed E-state index contributed by atoms with van der Waals surface area (Å²) in [6.45, 7) is 14.6. The van der Waals surface area contributed by atoms with Gasteiger partial charge in [-0.05, 0) is 44.6 Å². The Kier molecular flexibility index (Phi) is 4.91. The normalized spacial score (nSPS) is 32.1. The van der Waals surface area contributed by atoms with E-state index in [0.717, 1.165) is 24.3 Å². The predicted octanol–water partition coefficient (Wildman–Crippen LogP) is 5.67. The third kappa shape index (κ3) is 2.88. The lowest BCUT2D eigenvalue weighted by Gasteiger charge is -2.49. The zero-order valence-corrected chi connectivity index (χ0v) is 16.4. The molecule has 1 unspecified atom stereocenters. The van der Waals surface area contributed by atoms with Crippen LogP contribution in [0.15, 0.2) is 55.6 Å². The van der Waals surface area contributed by atoms with Crippen LogP contribution in [0.2, 0.25) is 0 Å². The molecule has 2 nitrogen and oxygen atoms in total. The highest BCUT2D eigenvalue weighted by Crippen LogP contribution is 2.53. The van der Waals surface area contributed by atoms with Gasteiger partial charge in [0.15, 0.2) is 0 Å². The molecule has 2 saturated heterocycles. The van der Waals surface area contributed by atoms with Gasteiger partial charge in [-0.2, -0.15) is 0 Å². The number of rotatable bonds is 5. The van der Waals surface area contributed by atoms with E-state index in [1.807, 2.05) is 12.2 Å². The lowest BCUT2D eigenvalue weighted by Crippen LogP contribution is -2.53. The van der Waals surface area contributed by atoms with E-state index in [1.54, 1.807) is 0 Å². The van der Waals surface area contributed by atoms with E-state index in [0.29, 0.717) is 5.92 Å². The van der Waals surface area contributed by atoms with Gasteiger partial charge in [0.2, 0.25) is 0 Å². The van der Waals surface area contributed by atoms with Crippen LogP contribution in [0.4, 0.5) is 0 Å². The Morgan fingerprint density at radius 1 is 1.32 bits per heavy atom. The van der Waals surface area contributed by atoms with Crippen molar-refractivity contribution in [3.63, 3.8) is 0 Å². The lowest BCUT2D eigenvalue weighted by molar-refractivity contribution is -0.0474. The second-order valence-electron chi connectivity index (χ2n) is 7.91. The Morgan fingerprint density at radius 2 is 2.00 bits per heavy atom. The van der Waals surface area contributed by atoms with Crippen molar-refractivity contribution in [2.45, 2.75) is 57.9 Å². The fraction of sp³-hybridized carbons (Fsp3) is 0.500. The molecule has 0 amide bonds. The van der Waals surface area contributed by atoms with Gasteiger partial charge in [-0.3, -0.25) is 0 Å². The Hall–Kier alpha value is -1.45. The van der Waals surface area contributed by atoms with Gasteiger partial charge in [-0.25, -0.2) is 0 Å². The van der Waals surface area contributed by atoms with Gasteiger partial charge in [0.1, 0.15) is 6.23 Å². The first kappa shape index (κ1) is 18.3. The zero-order valence-electron chi connectivity index (χ0n) is 15.6. The number of hydrogen-bond acceptors (Lipinski definition) is 2. The second kappa shape index (κ2) is 6.69. The summed E-state index contributed by atoms with van der Waals surface area (Å²) >= 11 is 6.11. The third-order valence-electron chi connectivity index (χ3n) is 6.03. The Labute approximate surface area is 157 Å². The lowest BCUT2D eigenvalue weighted by atomic mass is 9.67. The molecular formula is C22H29NOS. The SMILES string of the molecule is C=CC[C@]1([C@@H](C)C=C)CCC2OC(C)(C)[C@@H](c3ccccc3)N2C1=S. The van der Waals surface area contributed by atoms with Gasteiger partial charge in [-0.1, -0.05) is 61.6 Å². The summed E-state index contributed by atoms with van der Waals surface area (Å²) in [5, 5.41) is 0. The molecule has 0 aliphatic carbocycles. The molecule has 2 fully saturated rings. The van der Waals surface area contributed by atoms with Crippen LogP contribution in [-0.4, -0.2) is 21.7 Å². The molecule has 25 heavy (non-hydrogen) atoms. The first-order valence-corrected chi connectivity index (χ1v) is 9.57. The Bertz CT molecular complexity index is 668. The molecule has 0 N–H and O–H groups in total. The summed E-state index contributed by atoms with van der Waals surface area (Å²) in [7, 11) is 0. The van der Waals surface area contributed by atoms with Crippen LogP contribution in [0.3, 0.4) is 0 Å². The molecule has 134 valence electrons. The second-order valence-corrected chi connectivity index (χ2v) is 8.30. The number of hydrogen-bond donors (Lipinski definition) is 0. The van der Waals surface area contributed by atoms with E-state index in [-0.39, 0.29) is 23.3 Å². The van der Waals surface area contributed by atoms with E-state index in [9.17, 15) is 0 Å². The molecule has 2 heterocycles. The molecule has 0 bridgehead atoms. The maximum atomic E-state index is 6.46. The fourth-order valence-electron chi connectivity index (χ4n) is 4.64. The monoisotopic (exact) mass is 355 g/mol. The van der Waals surface area contributed by atoms with Crippen LogP contribution in [0.1, 0.15) is 51.6 Å². The maximum Gasteiger partial charge on any atom is 0.132 e. The largest absolute Gasteiger partial charge is 0.350 e. The number of thiocarbonyl (C=S) groups is 1. The maximum absolute atomic E-state index is 6.46. The zero-order chi connectivity index (χ0) is 18.2. The number of benzene rings is 1. The van der Waals surface area contributed by atoms with Crippen LogP contribution in [0.5, 0.6) is 0 Å². The fourth-order valence-corrected chi connectivity index (χ4v) is 5.24. The summed E-state index contributed by atoms with van der Waals surface area (Å²) in [5.41, 5.74) is 0.891. The molecule has 2 aliphatic heterocycles. The van der Waals surface area contributed by atoms with Gasteiger partial charge in [0.25, 0.3) is 0 Å². The van der Waals surface area contributed by atoms with Gasteiger partial charge in [-0.15, -0.1) is 13.2 Å². The first-order chi connectivity index (χ1) is 11.9. The molecule has 4 atom stereocenters. The summed E-state index contributed by atoms with van der Waals surface area (Å²) in [5.74, 6) is 0.305.